The van der Waals surface area contributed by atoms with Gasteiger partial charge in [-0.1, -0.05) is 13.8 Å². The summed E-state index contributed by atoms with van der Waals surface area (Å²) >= 11 is 0. The third-order valence-electron chi connectivity index (χ3n) is 4.42. The van der Waals surface area contributed by atoms with Crippen LogP contribution in [-0.4, -0.2) is 52.4 Å². The van der Waals surface area contributed by atoms with Gasteiger partial charge in [0.25, 0.3) is 0 Å². The van der Waals surface area contributed by atoms with Crippen molar-refractivity contribution >= 4 is 17.9 Å². The zero-order valence-corrected chi connectivity index (χ0v) is 14.1. The van der Waals surface area contributed by atoms with Crippen LogP contribution < -0.4 is 0 Å². The zero-order chi connectivity index (χ0) is 16.7. The molecular weight excluding hydrogens is 284 g/mol. The van der Waals surface area contributed by atoms with Gasteiger partial charge in [-0.25, -0.2) is 4.79 Å². The van der Waals surface area contributed by atoms with Crippen molar-refractivity contribution in [3.8, 4) is 0 Å². The number of nitrogens with zero attached hydrogens (tertiary/aromatic N) is 2. The number of carbonyl (C=O) groups is 3. The largest absolute Gasteiger partial charge is 0.444 e. The quantitative estimate of drug-likeness (QED) is 0.695. The molecule has 2 fully saturated rings. The van der Waals surface area contributed by atoms with Gasteiger partial charge < -0.3 is 9.64 Å². The number of imide groups is 1. The SMILES string of the molecule is C[C@@H]1C(=O)N([C@H]2CCCN(C(=O)OC(C)(C)C)C2)C(=O)[C@H]1C. The molecule has 124 valence electrons. The fraction of sp³-hybridized carbons (Fsp3) is 0.812. The average molecular weight is 310 g/mol. The van der Waals surface area contributed by atoms with Crippen molar-refractivity contribution in [2.75, 3.05) is 13.1 Å². The zero-order valence-electron chi connectivity index (χ0n) is 14.1. The lowest BCUT2D eigenvalue weighted by Crippen LogP contribution is -2.52. The van der Waals surface area contributed by atoms with E-state index in [4.69, 9.17) is 4.74 Å². The Morgan fingerprint density at radius 2 is 1.68 bits per heavy atom. The van der Waals surface area contributed by atoms with Crippen molar-refractivity contribution in [3.63, 3.8) is 0 Å². The highest BCUT2D eigenvalue weighted by Gasteiger charge is 2.46. The van der Waals surface area contributed by atoms with E-state index in [0.717, 1.165) is 12.8 Å². The number of ether oxygens (including phenoxy) is 1. The third-order valence-corrected chi connectivity index (χ3v) is 4.42. The van der Waals surface area contributed by atoms with Crippen LogP contribution >= 0.6 is 0 Å². The standard InChI is InChI=1S/C16H26N2O4/c1-10-11(2)14(20)18(13(10)19)12-7-6-8-17(9-12)15(21)22-16(3,4)5/h10-12H,6-9H2,1-5H3/t10-,11-,12-/m0/s1. The summed E-state index contributed by atoms with van der Waals surface area (Å²) in [5.74, 6) is -0.782. The van der Waals surface area contributed by atoms with E-state index in [1.807, 2.05) is 20.8 Å². The van der Waals surface area contributed by atoms with E-state index in [0.29, 0.717) is 13.1 Å². The maximum absolute atomic E-state index is 12.3. The van der Waals surface area contributed by atoms with Gasteiger partial charge in [-0.15, -0.1) is 0 Å². The predicted molar refractivity (Wildman–Crippen MR) is 81.0 cm³/mol. The Kier molecular flexibility index (Phi) is 4.49. The number of carbonyl (C=O) groups excluding carboxylic acids is 3. The van der Waals surface area contributed by atoms with Crippen LogP contribution in [0.15, 0.2) is 0 Å². The third kappa shape index (κ3) is 3.25. The van der Waals surface area contributed by atoms with E-state index in [9.17, 15) is 14.4 Å². The van der Waals surface area contributed by atoms with Crippen LogP contribution in [0.2, 0.25) is 0 Å². The van der Waals surface area contributed by atoms with Crippen LogP contribution in [-0.2, 0) is 14.3 Å². The summed E-state index contributed by atoms with van der Waals surface area (Å²) in [6, 6.07) is -0.228. The van der Waals surface area contributed by atoms with E-state index in [1.54, 1.807) is 18.7 Å². The second kappa shape index (κ2) is 5.89. The van der Waals surface area contributed by atoms with Crippen molar-refractivity contribution < 1.29 is 19.1 Å². The van der Waals surface area contributed by atoms with E-state index in [2.05, 4.69) is 0 Å². The fourth-order valence-electron chi connectivity index (χ4n) is 2.99. The summed E-state index contributed by atoms with van der Waals surface area (Å²) < 4.78 is 5.38. The average Bonchev–Trinajstić information content (AvgIpc) is 2.61. The van der Waals surface area contributed by atoms with Gasteiger partial charge in [0.2, 0.25) is 11.8 Å². The topological polar surface area (TPSA) is 66.9 Å². The normalized spacial score (nSPS) is 30.0. The molecule has 2 heterocycles. The van der Waals surface area contributed by atoms with Crippen molar-refractivity contribution in [2.45, 2.75) is 59.1 Å². The molecule has 0 N–H and O–H groups in total. The molecule has 2 aliphatic rings. The number of amides is 3. The molecule has 3 amide bonds. The van der Waals surface area contributed by atoms with Gasteiger partial charge in [0, 0.05) is 24.9 Å². The monoisotopic (exact) mass is 310 g/mol. The van der Waals surface area contributed by atoms with Crippen LogP contribution in [0.3, 0.4) is 0 Å². The van der Waals surface area contributed by atoms with E-state index < -0.39 is 5.60 Å². The van der Waals surface area contributed by atoms with Gasteiger partial charge in [0.05, 0.1) is 6.04 Å². The molecule has 0 unspecified atom stereocenters. The maximum atomic E-state index is 12.3. The second-order valence-electron chi connectivity index (χ2n) is 7.35. The highest BCUT2D eigenvalue weighted by Crippen LogP contribution is 2.30. The molecule has 22 heavy (non-hydrogen) atoms. The maximum Gasteiger partial charge on any atom is 0.410 e. The first-order chi connectivity index (χ1) is 10.1. The Bertz CT molecular complexity index is 463. The molecule has 3 atom stereocenters. The lowest BCUT2D eigenvalue weighted by Gasteiger charge is -2.37. The van der Waals surface area contributed by atoms with E-state index in [-0.39, 0.29) is 35.8 Å². The lowest BCUT2D eigenvalue weighted by atomic mass is 10.00. The fourth-order valence-corrected chi connectivity index (χ4v) is 2.99. The van der Waals surface area contributed by atoms with Crippen molar-refractivity contribution in [1.82, 2.24) is 9.80 Å². The minimum atomic E-state index is -0.549. The van der Waals surface area contributed by atoms with E-state index >= 15 is 0 Å². The summed E-state index contributed by atoms with van der Waals surface area (Å²) in [6.45, 7) is 10.0. The molecule has 0 aromatic carbocycles. The Morgan fingerprint density at radius 3 is 2.18 bits per heavy atom. The molecule has 0 spiro atoms. The summed E-state index contributed by atoms with van der Waals surface area (Å²) in [6.07, 6.45) is 1.14. The smallest absolute Gasteiger partial charge is 0.410 e. The van der Waals surface area contributed by atoms with Gasteiger partial charge >= 0.3 is 6.09 Å². The van der Waals surface area contributed by atoms with Crippen molar-refractivity contribution in [3.05, 3.63) is 0 Å². The Morgan fingerprint density at radius 1 is 1.14 bits per heavy atom. The number of hydrogen-bond acceptors (Lipinski definition) is 4. The molecule has 2 aliphatic heterocycles. The first-order valence-corrected chi connectivity index (χ1v) is 7.96. The van der Waals surface area contributed by atoms with Crippen LogP contribution in [0.5, 0.6) is 0 Å². The van der Waals surface area contributed by atoms with E-state index in [1.165, 1.54) is 4.90 Å². The first-order valence-electron chi connectivity index (χ1n) is 7.96. The number of hydrogen-bond donors (Lipinski definition) is 0. The summed E-state index contributed by atoms with van der Waals surface area (Å²) in [5, 5.41) is 0. The van der Waals surface area contributed by atoms with Gasteiger partial charge in [-0.05, 0) is 33.6 Å². The van der Waals surface area contributed by atoms with Crippen molar-refractivity contribution in [1.29, 1.82) is 0 Å². The highest BCUT2D eigenvalue weighted by molar-refractivity contribution is 6.05. The Balaban J connectivity index is 2.06. The molecule has 6 heteroatoms. The molecule has 0 saturated carbocycles. The van der Waals surface area contributed by atoms with Gasteiger partial charge in [0.1, 0.15) is 5.60 Å². The molecule has 0 bridgehead atoms. The molecule has 0 aromatic rings. The predicted octanol–water partition coefficient (Wildman–Crippen LogP) is 2.03. The van der Waals surface area contributed by atoms with Crippen LogP contribution in [0.25, 0.3) is 0 Å². The molecule has 0 aliphatic carbocycles. The summed E-state index contributed by atoms with van der Waals surface area (Å²) in [7, 11) is 0. The Labute approximate surface area is 131 Å². The highest BCUT2D eigenvalue weighted by atomic mass is 16.6. The lowest BCUT2D eigenvalue weighted by molar-refractivity contribution is -0.143. The molecular formula is C16H26N2O4. The first kappa shape index (κ1) is 16.8. The van der Waals surface area contributed by atoms with Crippen molar-refractivity contribution in [2.24, 2.45) is 11.8 Å². The van der Waals surface area contributed by atoms with Gasteiger partial charge in [0.15, 0.2) is 0 Å². The molecule has 2 saturated heterocycles. The van der Waals surface area contributed by atoms with Gasteiger partial charge in [-0.3, -0.25) is 14.5 Å². The summed E-state index contributed by atoms with van der Waals surface area (Å²) in [4.78, 5) is 39.8. The summed E-state index contributed by atoms with van der Waals surface area (Å²) in [5.41, 5.74) is -0.549. The number of rotatable bonds is 1. The minimum Gasteiger partial charge on any atom is -0.444 e. The molecule has 2 rings (SSSR count). The van der Waals surface area contributed by atoms with Crippen LogP contribution in [0.1, 0.15) is 47.5 Å². The number of piperidine rings is 1. The number of likely N-dealkylation sites (tertiary alicyclic amines) is 2. The molecule has 0 radical (unpaired) electrons. The Hall–Kier alpha value is -1.59. The minimum absolute atomic E-state index is 0.117. The van der Waals surface area contributed by atoms with Crippen LogP contribution in [0, 0.1) is 11.8 Å². The molecule has 6 nitrogen and oxygen atoms in total. The van der Waals surface area contributed by atoms with Gasteiger partial charge in [-0.2, -0.15) is 0 Å². The van der Waals surface area contributed by atoms with Crippen LogP contribution in [0.4, 0.5) is 4.79 Å². The molecule has 0 aromatic heterocycles. The second-order valence-corrected chi connectivity index (χ2v) is 7.35.